The number of fused-ring (bicyclic) bond motifs is 1. The molecule has 0 aromatic carbocycles. The van der Waals surface area contributed by atoms with Crippen LogP contribution in [-0.2, 0) is 18.4 Å². The summed E-state index contributed by atoms with van der Waals surface area (Å²) in [6.07, 6.45) is 2.24. The summed E-state index contributed by atoms with van der Waals surface area (Å²) < 4.78 is 3.67. The fourth-order valence-corrected chi connectivity index (χ4v) is 2.09. The highest BCUT2D eigenvalue weighted by atomic mass is 16.1. The maximum absolute atomic E-state index is 11.7. The first-order valence-electron chi connectivity index (χ1n) is 6.61. The number of nitrogens with zero attached hydrogens (tertiary/aromatic N) is 4. The summed E-state index contributed by atoms with van der Waals surface area (Å²) in [5, 5.41) is 11.6. The van der Waals surface area contributed by atoms with Crippen LogP contribution in [0.15, 0.2) is 6.20 Å². The molecule has 1 amide bonds. The lowest BCUT2D eigenvalue weighted by atomic mass is 10.2. The molecule has 6 heteroatoms. The number of hydrogen-bond donors (Lipinski definition) is 1. The van der Waals surface area contributed by atoms with Gasteiger partial charge >= 0.3 is 0 Å². The monoisotopic (exact) mass is 263 g/mol. The molecule has 0 saturated carbocycles. The SMILES string of the molecule is Cc1nn(C)c2cnn(CCC(=O)NCC(C)C)c12. The Morgan fingerprint density at radius 3 is 2.89 bits per heavy atom. The maximum Gasteiger partial charge on any atom is 0.221 e. The Morgan fingerprint density at radius 1 is 1.47 bits per heavy atom. The summed E-state index contributed by atoms with van der Waals surface area (Å²) in [6.45, 7) is 7.42. The van der Waals surface area contributed by atoms with Crippen LogP contribution in [0.4, 0.5) is 0 Å². The van der Waals surface area contributed by atoms with E-state index in [1.165, 1.54) is 0 Å². The maximum atomic E-state index is 11.7. The van der Waals surface area contributed by atoms with Crippen molar-refractivity contribution in [3.05, 3.63) is 11.9 Å². The van der Waals surface area contributed by atoms with Gasteiger partial charge in [0.15, 0.2) is 0 Å². The molecule has 0 aliphatic carbocycles. The van der Waals surface area contributed by atoms with Crippen molar-refractivity contribution in [3.63, 3.8) is 0 Å². The average Bonchev–Trinajstić information content (AvgIpc) is 2.87. The molecule has 0 saturated heterocycles. The first kappa shape index (κ1) is 13.6. The van der Waals surface area contributed by atoms with E-state index in [2.05, 4.69) is 29.4 Å². The van der Waals surface area contributed by atoms with Crippen LogP contribution in [0.25, 0.3) is 11.0 Å². The van der Waals surface area contributed by atoms with Crippen molar-refractivity contribution < 1.29 is 4.79 Å². The van der Waals surface area contributed by atoms with E-state index >= 15 is 0 Å². The van der Waals surface area contributed by atoms with Crippen LogP contribution < -0.4 is 5.32 Å². The van der Waals surface area contributed by atoms with Gasteiger partial charge < -0.3 is 5.32 Å². The highest BCUT2D eigenvalue weighted by Gasteiger charge is 2.12. The molecule has 6 nitrogen and oxygen atoms in total. The number of nitrogens with one attached hydrogen (secondary N) is 1. The molecule has 0 fully saturated rings. The molecule has 0 aliphatic heterocycles. The number of amides is 1. The van der Waals surface area contributed by atoms with Gasteiger partial charge in [-0.2, -0.15) is 10.2 Å². The second-order valence-corrected chi connectivity index (χ2v) is 5.26. The normalized spacial score (nSPS) is 11.4. The number of carbonyl (C=O) groups excluding carboxylic acids is 1. The molecule has 0 radical (unpaired) electrons. The molecule has 2 heterocycles. The number of aromatic nitrogens is 4. The Bertz CT molecular complexity index is 581. The van der Waals surface area contributed by atoms with E-state index in [9.17, 15) is 4.79 Å². The fraction of sp³-hybridized carbons (Fsp3) is 0.615. The van der Waals surface area contributed by atoms with Gasteiger partial charge in [0.05, 0.1) is 18.4 Å². The lowest BCUT2D eigenvalue weighted by Crippen LogP contribution is -2.28. The molecule has 0 bridgehead atoms. The van der Waals surface area contributed by atoms with Crippen LogP contribution in [0, 0.1) is 12.8 Å². The summed E-state index contributed by atoms with van der Waals surface area (Å²) in [7, 11) is 1.90. The first-order chi connectivity index (χ1) is 8.99. The minimum absolute atomic E-state index is 0.0684. The number of carbonyl (C=O) groups is 1. The zero-order valence-electron chi connectivity index (χ0n) is 12.0. The van der Waals surface area contributed by atoms with E-state index in [0.717, 1.165) is 23.3 Å². The van der Waals surface area contributed by atoms with Gasteiger partial charge in [-0.05, 0) is 12.8 Å². The molecule has 0 spiro atoms. The smallest absolute Gasteiger partial charge is 0.221 e. The lowest BCUT2D eigenvalue weighted by molar-refractivity contribution is -0.121. The van der Waals surface area contributed by atoms with Gasteiger partial charge in [0, 0.05) is 20.0 Å². The quantitative estimate of drug-likeness (QED) is 0.882. The van der Waals surface area contributed by atoms with Gasteiger partial charge in [0.25, 0.3) is 0 Å². The third-order valence-electron chi connectivity index (χ3n) is 3.07. The molecule has 2 rings (SSSR count). The third kappa shape index (κ3) is 2.94. The van der Waals surface area contributed by atoms with Gasteiger partial charge in [-0.1, -0.05) is 13.8 Å². The van der Waals surface area contributed by atoms with E-state index in [1.807, 2.05) is 23.3 Å². The van der Waals surface area contributed by atoms with Gasteiger partial charge in [-0.3, -0.25) is 14.2 Å². The predicted octanol–water partition coefficient (Wildman–Crippen LogP) is 1.24. The zero-order chi connectivity index (χ0) is 14.0. The Balaban J connectivity index is 2.00. The third-order valence-corrected chi connectivity index (χ3v) is 3.07. The summed E-state index contributed by atoms with van der Waals surface area (Å²) in [5.41, 5.74) is 2.96. The summed E-state index contributed by atoms with van der Waals surface area (Å²) in [6, 6.07) is 0. The van der Waals surface area contributed by atoms with Crippen LogP contribution in [0.2, 0.25) is 0 Å². The highest BCUT2D eigenvalue weighted by molar-refractivity contribution is 5.78. The first-order valence-corrected chi connectivity index (χ1v) is 6.61. The van der Waals surface area contributed by atoms with Crippen LogP contribution in [0.1, 0.15) is 26.0 Å². The van der Waals surface area contributed by atoms with E-state index in [-0.39, 0.29) is 5.91 Å². The molecule has 0 unspecified atom stereocenters. The van der Waals surface area contributed by atoms with E-state index in [1.54, 1.807) is 6.20 Å². The van der Waals surface area contributed by atoms with Crippen molar-refractivity contribution in [2.75, 3.05) is 6.54 Å². The summed E-state index contributed by atoms with van der Waals surface area (Å²) in [5.74, 6) is 0.542. The zero-order valence-corrected chi connectivity index (χ0v) is 12.0. The Labute approximate surface area is 112 Å². The second kappa shape index (κ2) is 5.42. The molecule has 104 valence electrons. The minimum atomic E-state index is 0.0684. The average molecular weight is 263 g/mol. The predicted molar refractivity (Wildman–Crippen MR) is 73.7 cm³/mol. The molecular weight excluding hydrogens is 242 g/mol. The molecule has 2 aromatic rings. The van der Waals surface area contributed by atoms with Crippen LogP contribution in [0.5, 0.6) is 0 Å². The van der Waals surface area contributed by atoms with Gasteiger partial charge in [0.1, 0.15) is 11.0 Å². The number of rotatable bonds is 5. The van der Waals surface area contributed by atoms with Crippen molar-refractivity contribution in [3.8, 4) is 0 Å². The van der Waals surface area contributed by atoms with Crippen LogP contribution in [-0.4, -0.2) is 32.0 Å². The van der Waals surface area contributed by atoms with Crippen LogP contribution >= 0.6 is 0 Å². The molecule has 1 N–H and O–H groups in total. The van der Waals surface area contributed by atoms with Crippen molar-refractivity contribution in [2.24, 2.45) is 13.0 Å². The van der Waals surface area contributed by atoms with E-state index < -0.39 is 0 Å². The van der Waals surface area contributed by atoms with Crippen molar-refractivity contribution in [1.29, 1.82) is 0 Å². The largest absolute Gasteiger partial charge is 0.356 e. The highest BCUT2D eigenvalue weighted by Crippen LogP contribution is 2.16. The molecule has 2 aromatic heterocycles. The standard InChI is InChI=1S/C13H21N5O/c1-9(2)7-14-12(19)5-6-18-13-10(3)16-17(4)11(13)8-15-18/h8-9H,5-7H2,1-4H3,(H,14,19). The Morgan fingerprint density at radius 2 is 2.21 bits per heavy atom. The van der Waals surface area contributed by atoms with Gasteiger partial charge in [-0.15, -0.1) is 0 Å². The molecular formula is C13H21N5O. The summed E-state index contributed by atoms with van der Waals surface area (Å²) in [4.78, 5) is 11.7. The Kier molecular flexibility index (Phi) is 3.87. The fourth-order valence-electron chi connectivity index (χ4n) is 2.09. The van der Waals surface area contributed by atoms with E-state index in [0.29, 0.717) is 18.9 Å². The van der Waals surface area contributed by atoms with Gasteiger partial charge in [-0.25, -0.2) is 0 Å². The molecule has 0 aliphatic rings. The van der Waals surface area contributed by atoms with Crippen LogP contribution in [0.3, 0.4) is 0 Å². The minimum Gasteiger partial charge on any atom is -0.356 e. The number of aryl methyl sites for hydroxylation is 3. The lowest BCUT2D eigenvalue weighted by Gasteiger charge is -2.07. The topological polar surface area (TPSA) is 64.7 Å². The molecule has 0 atom stereocenters. The number of hydrogen-bond acceptors (Lipinski definition) is 3. The Hall–Kier alpha value is -1.85. The van der Waals surface area contributed by atoms with E-state index in [4.69, 9.17) is 0 Å². The second-order valence-electron chi connectivity index (χ2n) is 5.26. The molecule has 19 heavy (non-hydrogen) atoms. The van der Waals surface area contributed by atoms with Crippen molar-refractivity contribution in [1.82, 2.24) is 24.9 Å². The summed E-state index contributed by atoms with van der Waals surface area (Å²) >= 11 is 0. The van der Waals surface area contributed by atoms with Crippen molar-refractivity contribution >= 4 is 16.9 Å². The van der Waals surface area contributed by atoms with Gasteiger partial charge in [0.2, 0.25) is 5.91 Å². The van der Waals surface area contributed by atoms with Crippen molar-refractivity contribution in [2.45, 2.75) is 33.7 Å².